The maximum atomic E-state index is 13.4. The van der Waals surface area contributed by atoms with Gasteiger partial charge in [0.1, 0.15) is 0 Å². The number of rotatable bonds is 8. The maximum Gasteiger partial charge on any atom is 0.337 e. The van der Waals surface area contributed by atoms with Gasteiger partial charge in [0.25, 0.3) is 5.91 Å². The first-order valence-electron chi connectivity index (χ1n) is 11.6. The average Bonchev–Trinajstić information content (AvgIpc) is 3.17. The molecule has 0 saturated heterocycles. The molecule has 0 fully saturated rings. The predicted molar refractivity (Wildman–Crippen MR) is 133 cm³/mol. The summed E-state index contributed by atoms with van der Waals surface area (Å²) in [6.45, 7) is 2.04. The van der Waals surface area contributed by atoms with E-state index in [9.17, 15) is 19.5 Å². The molecule has 0 aliphatic carbocycles. The van der Waals surface area contributed by atoms with Crippen molar-refractivity contribution < 1.29 is 24.2 Å². The molecule has 6 nitrogen and oxygen atoms in total. The molecule has 1 atom stereocenters. The van der Waals surface area contributed by atoms with Crippen LogP contribution in [0.5, 0.6) is 0 Å². The van der Waals surface area contributed by atoms with Gasteiger partial charge in [0, 0.05) is 12.1 Å². The molecule has 0 radical (unpaired) electrons. The lowest BCUT2D eigenvalue weighted by Gasteiger charge is -2.27. The van der Waals surface area contributed by atoms with Crippen LogP contribution in [0.15, 0.2) is 90.2 Å². The van der Waals surface area contributed by atoms with Crippen LogP contribution < -0.4 is 4.90 Å². The summed E-state index contributed by atoms with van der Waals surface area (Å²) in [4.78, 5) is 40.2. The first-order valence-corrected chi connectivity index (χ1v) is 11.6. The van der Waals surface area contributed by atoms with Crippen molar-refractivity contribution >= 4 is 23.3 Å². The number of amides is 1. The number of aliphatic hydroxyl groups excluding tert-OH is 1. The van der Waals surface area contributed by atoms with Crippen LogP contribution in [-0.4, -0.2) is 29.9 Å². The minimum absolute atomic E-state index is 0.0682. The second-order valence-corrected chi connectivity index (χ2v) is 8.39. The molecule has 1 heterocycles. The number of ketones is 1. The lowest BCUT2D eigenvalue weighted by Crippen LogP contribution is -2.31. The highest BCUT2D eigenvalue weighted by Gasteiger charge is 2.44. The van der Waals surface area contributed by atoms with Crippen LogP contribution in [0.4, 0.5) is 5.69 Å². The molecule has 1 N–H and O–H groups in total. The molecule has 0 spiro atoms. The Bertz CT molecular complexity index is 1280. The number of Topliss-reactive ketones (excluding diaryl/α,β-unsaturated/α-hetero) is 1. The van der Waals surface area contributed by atoms with Crippen LogP contribution in [0.1, 0.15) is 46.4 Å². The van der Waals surface area contributed by atoms with Crippen LogP contribution in [0.3, 0.4) is 0 Å². The fraction of sp³-hybridized carbons (Fsp3) is 0.207. The highest BCUT2D eigenvalue weighted by atomic mass is 16.5. The zero-order chi connectivity index (χ0) is 24.9. The van der Waals surface area contributed by atoms with Gasteiger partial charge in [-0.2, -0.15) is 0 Å². The van der Waals surface area contributed by atoms with Gasteiger partial charge in [-0.05, 0) is 47.7 Å². The number of esters is 1. The summed E-state index contributed by atoms with van der Waals surface area (Å²) in [5, 5.41) is 10.9. The number of methoxy groups -OCH3 is 1. The molecule has 0 bridgehead atoms. The zero-order valence-corrected chi connectivity index (χ0v) is 19.7. The SMILES string of the molecule is CCc1ccc(C2C(C(=O)CCc3ccccc3)=C(O)C(=O)N2c2cccc(C(=O)OC)c2)cc1. The van der Waals surface area contributed by atoms with Gasteiger partial charge in [0.2, 0.25) is 0 Å². The normalized spacial score (nSPS) is 15.4. The summed E-state index contributed by atoms with van der Waals surface area (Å²) in [6.07, 6.45) is 1.49. The van der Waals surface area contributed by atoms with E-state index in [-0.39, 0.29) is 23.3 Å². The van der Waals surface area contributed by atoms with E-state index in [0.29, 0.717) is 17.7 Å². The Kier molecular flexibility index (Phi) is 7.11. The monoisotopic (exact) mass is 469 g/mol. The van der Waals surface area contributed by atoms with Gasteiger partial charge in [-0.1, -0.05) is 67.6 Å². The van der Waals surface area contributed by atoms with Crippen LogP contribution in [0.25, 0.3) is 0 Å². The second kappa shape index (κ2) is 10.4. The van der Waals surface area contributed by atoms with E-state index in [2.05, 4.69) is 0 Å². The number of nitrogens with zero attached hydrogens (tertiary/aromatic N) is 1. The predicted octanol–water partition coefficient (Wildman–Crippen LogP) is 5.14. The van der Waals surface area contributed by atoms with Crippen molar-refractivity contribution in [2.75, 3.05) is 12.0 Å². The zero-order valence-electron chi connectivity index (χ0n) is 19.7. The molecule has 1 unspecified atom stereocenters. The number of hydrogen-bond acceptors (Lipinski definition) is 5. The Morgan fingerprint density at radius 1 is 0.943 bits per heavy atom. The summed E-state index contributed by atoms with van der Waals surface area (Å²) in [6, 6.07) is 22.8. The summed E-state index contributed by atoms with van der Waals surface area (Å²) in [5.74, 6) is -2.08. The minimum atomic E-state index is -0.815. The van der Waals surface area contributed by atoms with E-state index in [1.807, 2.05) is 61.5 Å². The van der Waals surface area contributed by atoms with Crippen molar-refractivity contribution in [2.45, 2.75) is 32.2 Å². The quantitative estimate of drug-likeness (QED) is 0.462. The highest BCUT2D eigenvalue weighted by Crippen LogP contribution is 2.41. The third-order valence-corrected chi connectivity index (χ3v) is 6.24. The van der Waals surface area contributed by atoms with Crippen molar-refractivity contribution in [1.82, 2.24) is 0 Å². The molecule has 35 heavy (non-hydrogen) atoms. The van der Waals surface area contributed by atoms with E-state index in [0.717, 1.165) is 17.5 Å². The number of aryl methyl sites for hydroxylation is 2. The van der Waals surface area contributed by atoms with Gasteiger partial charge < -0.3 is 9.84 Å². The third-order valence-electron chi connectivity index (χ3n) is 6.24. The Balaban J connectivity index is 1.75. The molecular formula is C29H27NO5. The van der Waals surface area contributed by atoms with Gasteiger partial charge in [-0.3, -0.25) is 14.5 Å². The van der Waals surface area contributed by atoms with Crippen LogP contribution in [-0.2, 0) is 27.2 Å². The van der Waals surface area contributed by atoms with Crippen molar-refractivity contribution in [3.63, 3.8) is 0 Å². The number of ether oxygens (including phenoxy) is 1. The van der Waals surface area contributed by atoms with Gasteiger partial charge >= 0.3 is 5.97 Å². The molecule has 1 aliphatic rings. The molecule has 0 aromatic heterocycles. The van der Waals surface area contributed by atoms with E-state index >= 15 is 0 Å². The van der Waals surface area contributed by atoms with Gasteiger partial charge in [0.05, 0.1) is 24.3 Å². The molecular weight excluding hydrogens is 442 g/mol. The Labute approximate surface area is 204 Å². The van der Waals surface area contributed by atoms with E-state index in [1.54, 1.807) is 18.2 Å². The lowest BCUT2D eigenvalue weighted by atomic mass is 9.92. The molecule has 178 valence electrons. The number of carbonyl (C=O) groups is 3. The largest absolute Gasteiger partial charge is 0.503 e. The third kappa shape index (κ3) is 4.87. The van der Waals surface area contributed by atoms with Crippen molar-refractivity contribution in [3.8, 4) is 0 Å². The molecule has 0 saturated carbocycles. The van der Waals surface area contributed by atoms with Gasteiger partial charge in [-0.25, -0.2) is 4.79 Å². The standard InChI is InChI=1S/C29H27NO5/c1-3-19-12-15-21(16-13-19)26-25(24(31)17-14-20-8-5-4-6-9-20)27(32)28(33)30(26)23-11-7-10-22(18-23)29(34)35-2/h4-13,15-16,18,26,32H,3,14,17H2,1-2H3. The molecule has 3 aromatic rings. The number of carbonyl (C=O) groups excluding carboxylic acids is 3. The molecule has 3 aromatic carbocycles. The van der Waals surface area contributed by atoms with E-state index in [4.69, 9.17) is 4.74 Å². The Morgan fingerprint density at radius 3 is 2.31 bits per heavy atom. The number of anilines is 1. The maximum absolute atomic E-state index is 13.4. The lowest BCUT2D eigenvalue weighted by molar-refractivity contribution is -0.118. The number of aliphatic hydroxyl groups is 1. The topological polar surface area (TPSA) is 83.9 Å². The minimum Gasteiger partial charge on any atom is -0.503 e. The van der Waals surface area contributed by atoms with Gasteiger partial charge in [-0.15, -0.1) is 0 Å². The average molecular weight is 470 g/mol. The van der Waals surface area contributed by atoms with Crippen molar-refractivity contribution in [2.24, 2.45) is 0 Å². The summed E-state index contributed by atoms with van der Waals surface area (Å²) in [7, 11) is 1.28. The van der Waals surface area contributed by atoms with E-state index < -0.39 is 23.7 Å². The summed E-state index contributed by atoms with van der Waals surface area (Å²) in [5.41, 5.74) is 3.53. The molecule has 1 amide bonds. The van der Waals surface area contributed by atoms with E-state index in [1.165, 1.54) is 18.1 Å². The van der Waals surface area contributed by atoms with Crippen molar-refractivity contribution in [1.29, 1.82) is 0 Å². The number of hydrogen-bond donors (Lipinski definition) is 1. The van der Waals surface area contributed by atoms with Crippen molar-refractivity contribution in [3.05, 3.63) is 112 Å². The van der Waals surface area contributed by atoms with Crippen LogP contribution in [0.2, 0.25) is 0 Å². The molecule has 1 aliphatic heterocycles. The molecule has 4 rings (SSSR count). The highest BCUT2D eigenvalue weighted by molar-refractivity contribution is 6.16. The Morgan fingerprint density at radius 2 is 1.66 bits per heavy atom. The second-order valence-electron chi connectivity index (χ2n) is 8.39. The first kappa shape index (κ1) is 24.0. The number of benzene rings is 3. The summed E-state index contributed by atoms with van der Waals surface area (Å²) < 4.78 is 4.82. The van der Waals surface area contributed by atoms with Crippen LogP contribution in [0, 0.1) is 0 Å². The fourth-order valence-corrected chi connectivity index (χ4v) is 4.35. The van der Waals surface area contributed by atoms with Crippen LogP contribution >= 0.6 is 0 Å². The van der Waals surface area contributed by atoms with Gasteiger partial charge in [0.15, 0.2) is 11.5 Å². The first-order chi connectivity index (χ1) is 16.9. The smallest absolute Gasteiger partial charge is 0.337 e. The molecule has 6 heteroatoms. The Hall–Kier alpha value is -4.19. The fourth-order valence-electron chi connectivity index (χ4n) is 4.35. The summed E-state index contributed by atoms with van der Waals surface area (Å²) >= 11 is 0.